The maximum absolute atomic E-state index is 12.9. The molecule has 6 nitrogen and oxygen atoms in total. The van der Waals surface area contributed by atoms with E-state index in [2.05, 4.69) is 57.2 Å². The smallest absolute Gasteiger partial charge is 0.306 e. The van der Waals surface area contributed by atoms with Crippen LogP contribution in [0.1, 0.15) is 355 Å². The minimum Gasteiger partial charge on any atom is -0.462 e. The molecular formula is C67H124O6. The first kappa shape index (κ1) is 70.6. The molecule has 0 bridgehead atoms. The van der Waals surface area contributed by atoms with Gasteiger partial charge in [0.05, 0.1) is 0 Å². The first-order valence-corrected chi connectivity index (χ1v) is 32.5. The van der Waals surface area contributed by atoms with Crippen molar-refractivity contribution in [1.82, 2.24) is 0 Å². The second-order valence-corrected chi connectivity index (χ2v) is 22.0. The summed E-state index contributed by atoms with van der Waals surface area (Å²) in [5.74, 6) is -0.851. The largest absolute Gasteiger partial charge is 0.462 e. The van der Waals surface area contributed by atoms with Crippen LogP contribution in [-0.4, -0.2) is 37.2 Å². The van der Waals surface area contributed by atoms with E-state index in [0.29, 0.717) is 19.3 Å². The number of carbonyl (C=O) groups excluding carboxylic acids is 3. The Balaban J connectivity index is 4.34. The summed E-state index contributed by atoms with van der Waals surface area (Å²) in [5.41, 5.74) is 0. The monoisotopic (exact) mass is 1020 g/mol. The minimum absolute atomic E-state index is 0.0698. The third kappa shape index (κ3) is 60.4. The third-order valence-corrected chi connectivity index (χ3v) is 14.6. The average Bonchev–Trinajstić information content (AvgIpc) is 3.39. The number of unbranched alkanes of at least 4 members (excludes halogenated alkanes) is 43. The van der Waals surface area contributed by atoms with Crippen LogP contribution in [0, 0.1) is 0 Å². The number of hydrogen-bond donors (Lipinski definition) is 0. The lowest BCUT2D eigenvalue weighted by Crippen LogP contribution is -2.30. The van der Waals surface area contributed by atoms with Crippen LogP contribution in [0.15, 0.2) is 36.5 Å². The van der Waals surface area contributed by atoms with Crippen molar-refractivity contribution < 1.29 is 28.6 Å². The van der Waals surface area contributed by atoms with Crippen LogP contribution in [0.25, 0.3) is 0 Å². The molecule has 73 heavy (non-hydrogen) atoms. The molecule has 0 heterocycles. The summed E-state index contributed by atoms with van der Waals surface area (Å²) in [6, 6.07) is 0. The molecule has 0 radical (unpaired) electrons. The van der Waals surface area contributed by atoms with Crippen molar-refractivity contribution in [2.75, 3.05) is 13.2 Å². The van der Waals surface area contributed by atoms with Gasteiger partial charge in [0.2, 0.25) is 0 Å². The molecule has 0 spiro atoms. The molecule has 0 aliphatic rings. The fourth-order valence-corrected chi connectivity index (χ4v) is 9.71. The molecule has 0 N–H and O–H groups in total. The molecule has 0 amide bonds. The van der Waals surface area contributed by atoms with Crippen LogP contribution in [0.4, 0.5) is 0 Å². The first-order chi connectivity index (χ1) is 36.0. The number of ether oxygens (including phenoxy) is 3. The maximum Gasteiger partial charge on any atom is 0.306 e. The molecule has 0 rings (SSSR count). The Labute approximate surface area is 455 Å². The van der Waals surface area contributed by atoms with Crippen molar-refractivity contribution in [3.8, 4) is 0 Å². The normalized spacial score (nSPS) is 12.2. The first-order valence-electron chi connectivity index (χ1n) is 32.5. The highest BCUT2D eigenvalue weighted by atomic mass is 16.6. The zero-order valence-electron chi connectivity index (χ0n) is 49.2. The van der Waals surface area contributed by atoms with Gasteiger partial charge in [-0.2, -0.15) is 0 Å². The van der Waals surface area contributed by atoms with Gasteiger partial charge in [-0.1, -0.05) is 295 Å². The molecular weight excluding hydrogens is 901 g/mol. The molecule has 0 saturated carbocycles. The molecule has 0 unspecified atom stereocenters. The predicted molar refractivity (Wildman–Crippen MR) is 316 cm³/mol. The average molecular weight is 1030 g/mol. The number of hydrogen-bond acceptors (Lipinski definition) is 6. The van der Waals surface area contributed by atoms with Gasteiger partial charge in [-0.25, -0.2) is 0 Å². The summed E-state index contributed by atoms with van der Waals surface area (Å²) in [4.78, 5) is 38.3. The SMILES string of the molecule is CCCCC/C=C\C/C=C\CCCCCCCCCCCC(=O)O[C@H](COC(=O)CCCCCCCCCCC/C=C\CCCCCCCC)COC(=O)CCCCCCCCCCCCCCCCCCC. The van der Waals surface area contributed by atoms with Gasteiger partial charge < -0.3 is 14.2 Å². The van der Waals surface area contributed by atoms with Crippen LogP contribution in [0.2, 0.25) is 0 Å². The summed E-state index contributed by atoms with van der Waals surface area (Å²) in [7, 11) is 0. The van der Waals surface area contributed by atoms with E-state index in [-0.39, 0.29) is 31.1 Å². The van der Waals surface area contributed by atoms with E-state index in [1.807, 2.05) is 0 Å². The van der Waals surface area contributed by atoms with Crippen LogP contribution in [0.3, 0.4) is 0 Å². The molecule has 428 valence electrons. The van der Waals surface area contributed by atoms with Gasteiger partial charge in [0, 0.05) is 19.3 Å². The Kier molecular flexibility index (Phi) is 60.2. The summed E-state index contributed by atoms with van der Waals surface area (Å²) >= 11 is 0. The van der Waals surface area contributed by atoms with Crippen molar-refractivity contribution >= 4 is 17.9 Å². The Morgan fingerprint density at radius 1 is 0.274 bits per heavy atom. The van der Waals surface area contributed by atoms with Crippen LogP contribution in [-0.2, 0) is 28.6 Å². The molecule has 0 aromatic heterocycles. The van der Waals surface area contributed by atoms with Gasteiger partial charge in [-0.05, 0) is 77.0 Å². The number of esters is 3. The van der Waals surface area contributed by atoms with Crippen LogP contribution in [0.5, 0.6) is 0 Å². The minimum atomic E-state index is -0.773. The van der Waals surface area contributed by atoms with Crippen LogP contribution >= 0.6 is 0 Å². The van der Waals surface area contributed by atoms with E-state index in [1.165, 1.54) is 250 Å². The highest BCUT2D eigenvalue weighted by molar-refractivity contribution is 5.71. The van der Waals surface area contributed by atoms with Gasteiger partial charge in [0.25, 0.3) is 0 Å². The Morgan fingerprint density at radius 2 is 0.493 bits per heavy atom. The molecule has 0 fully saturated rings. The molecule has 0 aromatic rings. The lowest BCUT2D eigenvalue weighted by atomic mass is 10.0. The third-order valence-electron chi connectivity index (χ3n) is 14.6. The summed E-state index contributed by atoms with van der Waals surface area (Å²) in [6.07, 6.45) is 75.7. The van der Waals surface area contributed by atoms with E-state index in [4.69, 9.17) is 14.2 Å². The van der Waals surface area contributed by atoms with E-state index in [9.17, 15) is 14.4 Å². The van der Waals surface area contributed by atoms with Gasteiger partial charge in [0.1, 0.15) is 13.2 Å². The molecule has 1 atom stereocenters. The quantitative estimate of drug-likeness (QED) is 0.0261. The lowest BCUT2D eigenvalue weighted by molar-refractivity contribution is -0.167. The fourth-order valence-electron chi connectivity index (χ4n) is 9.71. The molecule has 6 heteroatoms. The second kappa shape index (κ2) is 62.2. The van der Waals surface area contributed by atoms with Crippen molar-refractivity contribution in [1.29, 1.82) is 0 Å². The Bertz CT molecular complexity index is 1220. The predicted octanol–water partition coefficient (Wildman–Crippen LogP) is 22.0. The van der Waals surface area contributed by atoms with E-state index >= 15 is 0 Å². The fraction of sp³-hybridized carbons (Fsp3) is 0.866. The standard InChI is InChI=1S/C67H124O6/c1-4-7-10-13-16-19-22-25-28-31-33-36-39-42-45-48-51-54-57-60-66(69)72-63-64(62-71-65(68)59-56-53-50-47-44-41-38-35-30-27-24-21-18-15-12-9-6-3)73-67(70)61-58-55-52-49-46-43-40-37-34-32-29-26-23-20-17-14-11-8-5-2/h17,20,25-26,28-29,64H,4-16,18-19,21-24,27,30-63H2,1-3H3/b20-17-,28-25-,29-26-/t64-/m0/s1. The Hall–Kier alpha value is -2.37. The zero-order chi connectivity index (χ0) is 52.9. The van der Waals surface area contributed by atoms with Gasteiger partial charge in [-0.15, -0.1) is 0 Å². The lowest BCUT2D eigenvalue weighted by Gasteiger charge is -2.18. The second-order valence-electron chi connectivity index (χ2n) is 22.0. The van der Waals surface area contributed by atoms with Gasteiger partial charge >= 0.3 is 17.9 Å². The van der Waals surface area contributed by atoms with Crippen molar-refractivity contribution in [3.05, 3.63) is 36.5 Å². The summed E-state index contributed by atoms with van der Waals surface area (Å²) in [5, 5.41) is 0. The maximum atomic E-state index is 12.9. The summed E-state index contributed by atoms with van der Waals surface area (Å²) < 4.78 is 17.0. The Morgan fingerprint density at radius 3 is 0.795 bits per heavy atom. The van der Waals surface area contributed by atoms with Crippen molar-refractivity contribution in [2.45, 2.75) is 361 Å². The van der Waals surface area contributed by atoms with Crippen molar-refractivity contribution in [3.63, 3.8) is 0 Å². The topological polar surface area (TPSA) is 78.9 Å². The van der Waals surface area contributed by atoms with Crippen molar-refractivity contribution in [2.24, 2.45) is 0 Å². The highest BCUT2D eigenvalue weighted by Crippen LogP contribution is 2.17. The number of rotatable bonds is 60. The van der Waals surface area contributed by atoms with E-state index < -0.39 is 6.10 Å². The number of carbonyl (C=O) groups is 3. The molecule has 0 aromatic carbocycles. The summed E-state index contributed by atoms with van der Waals surface area (Å²) in [6.45, 7) is 6.67. The highest BCUT2D eigenvalue weighted by Gasteiger charge is 2.19. The van der Waals surface area contributed by atoms with Gasteiger partial charge in [-0.3, -0.25) is 14.4 Å². The molecule has 0 aliphatic carbocycles. The molecule has 0 aliphatic heterocycles. The van der Waals surface area contributed by atoms with Crippen LogP contribution < -0.4 is 0 Å². The van der Waals surface area contributed by atoms with E-state index in [0.717, 1.165) is 64.2 Å². The number of allylic oxidation sites excluding steroid dienone is 6. The van der Waals surface area contributed by atoms with Gasteiger partial charge in [0.15, 0.2) is 6.10 Å². The van der Waals surface area contributed by atoms with E-state index in [1.54, 1.807) is 0 Å². The molecule has 0 saturated heterocycles. The zero-order valence-corrected chi connectivity index (χ0v) is 49.2.